The van der Waals surface area contributed by atoms with E-state index < -0.39 is 0 Å². The molecule has 1 aromatic carbocycles. The number of rotatable bonds is 2. The monoisotopic (exact) mass is 337 g/mol. The number of hydrogen-bond donors (Lipinski definition) is 1. The number of fused-ring (bicyclic) bond motifs is 1. The molecule has 3 aromatic rings. The zero-order chi connectivity index (χ0) is 16.7. The largest absolute Gasteiger partial charge is 0.389 e. The first kappa shape index (κ1) is 14.7. The Morgan fingerprint density at radius 1 is 1.29 bits per heavy atom. The van der Waals surface area contributed by atoms with Crippen LogP contribution in [0, 0.1) is 18.3 Å². The van der Waals surface area contributed by atoms with Crippen molar-refractivity contribution in [2.45, 2.75) is 19.9 Å². The molecule has 0 saturated heterocycles. The number of benzene rings is 1. The lowest BCUT2D eigenvalue weighted by Gasteiger charge is -2.27. The van der Waals surface area contributed by atoms with Gasteiger partial charge in [-0.05, 0) is 41.5 Å². The molecule has 8 heteroatoms. The second kappa shape index (κ2) is 5.62. The van der Waals surface area contributed by atoms with Crippen LogP contribution in [0.25, 0.3) is 5.69 Å². The van der Waals surface area contributed by atoms with Gasteiger partial charge in [-0.1, -0.05) is 22.8 Å². The normalized spacial score (nSPS) is 13.6. The van der Waals surface area contributed by atoms with Crippen LogP contribution in [0.3, 0.4) is 0 Å². The molecule has 7 nitrogen and oxygen atoms in total. The fourth-order valence-electron chi connectivity index (χ4n) is 2.95. The van der Waals surface area contributed by atoms with Crippen LogP contribution in [0.5, 0.6) is 0 Å². The molecule has 0 aliphatic carbocycles. The number of aromatic nitrogens is 4. The number of tetrazole rings is 1. The lowest BCUT2D eigenvalue weighted by Crippen LogP contribution is -2.32. The predicted octanol–water partition coefficient (Wildman–Crippen LogP) is 2.05. The zero-order valence-electron chi connectivity index (χ0n) is 13.1. The molecular formula is C16H15N7S. The second-order valence-electron chi connectivity index (χ2n) is 5.75. The number of anilines is 2. The van der Waals surface area contributed by atoms with E-state index in [1.807, 2.05) is 31.2 Å². The summed E-state index contributed by atoms with van der Waals surface area (Å²) >= 11 is 1.48. The summed E-state index contributed by atoms with van der Waals surface area (Å²) in [4.78, 5) is 3.24. The van der Waals surface area contributed by atoms with Gasteiger partial charge in [-0.15, -0.1) is 11.3 Å². The quantitative estimate of drug-likeness (QED) is 0.769. The molecule has 0 spiro atoms. The molecular weight excluding hydrogens is 322 g/mol. The lowest BCUT2D eigenvalue weighted by atomic mass is 10.0. The number of hydrogen-bond acceptors (Lipinski definition) is 7. The van der Waals surface area contributed by atoms with Crippen molar-refractivity contribution in [2.24, 2.45) is 0 Å². The van der Waals surface area contributed by atoms with E-state index in [1.54, 1.807) is 4.68 Å². The third-order valence-corrected chi connectivity index (χ3v) is 5.26. The van der Waals surface area contributed by atoms with Crippen molar-refractivity contribution in [3.8, 4) is 11.8 Å². The summed E-state index contributed by atoms with van der Waals surface area (Å²) in [5, 5.41) is 22.0. The number of nitrogen functional groups attached to an aromatic ring is 1. The minimum atomic E-state index is 0.600. The standard InChI is InChI=1S/C16H15N7S/c1-10-2-4-11(5-3-10)23-16(19-20-21-23)22-7-6-12-13(8-17)15(18)24-14(12)9-22/h2-5H,6-7,9,18H2,1H3. The van der Waals surface area contributed by atoms with Crippen LogP contribution in [-0.4, -0.2) is 26.8 Å². The Balaban J connectivity index is 1.68. The maximum atomic E-state index is 9.25. The molecule has 0 saturated carbocycles. The van der Waals surface area contributed by atoms with Gasteiger partial charge in [0.1, 0.15) is 11.1 Å². The maximum Gasteiger partial charge on any atom is 0.250 e. The van der Waals surface area contributed by atoms with Crippen LogP contribution in [0.15, 0.2) is 24.3 Å². The van der Waals surface area contributed by atoms with E-state index in [1.165, 1.54) is 16.9 Å². The molecule has 24 heavy (non-hydrogen) atoms. The predicted molar refractivity (Wildman–Crippen MR) is 92.1 cm³/mol. The summed E-state index contributed by atoms with van der Waals surface area (Å²) in [6.45, 7) is 3.46. The van der Waals surface area contributed by atoms with Crippen molar-refractivity contribution in [2.75, 3.05) is 17.2 Å². The van der Waals surface area contributed by atoms with Crippen molar-refractivity contribution in [3.05, 3.63) is 45.8 Å². The van der Waals surface area contributed by atoms with Crippen LogP contribution in [0.2, 0.25) is 0 Å². The van der Waals surface area contributed by atoms with Crippen LogP contribution in [0.1, 0.15) is 21.6 Å². The van der Waals surface area contributed by atoms with Gasteiger partial charge in [0.2, 0.25) is 0 Å². The first-order chi connectivity index (χ1) is 11.7. The highest BCUT2D eigenvalue weighted by Gasteiger charge is 2.26. The highest BCUT2D eigenvalue weighted by molar-refractivity contribution is 7.16. The number of nitrogens with two attached hydrogens (primary N) is 1. The molecule has 0 bridgehead atoms. The first-order valence-electron chi connectivity index (χ1n) is 7.58. The van der Waals surface area contributed by atoms with Crippen molar-refractivity contribution in [1.29, 1.82) is 5.26 Å². The van der Waals surface area contributed by atoms with Crippen LogP contribution >= 0.6 is 11.3 Å². The molecule has 0 unspecified atom stereocenters. The van der Waals surface area contributed by atoms with Gasteiger partial charge in [-0.3, -0.25) is 0 Å². The zero-order valence-corrected chi connectivity index (χ0v) is 13.9. The molecule has 0 amide bonds. The lowest BCUT2D eigenvalue weighted by molar-refractivity contribution is 0.697. The Kier molecular flexibility index (Phi) is 3.43. The van der Waals surface area contributed by atoms with Gasteiger partial charge in [0.25, 0.3) is 5.95 Å². The molecule has 2 N–H and O–H groups in total. The van der Waals surface area contributed by atoms with E-state index in [0.29, 0.717) is 23.1 Å². The summed E-state index contributed by atoms with van der Waals surface area (Å²) in [6.07, 6.45) is 0.771. The molecule has 120 valence electrons. The average Bonchev–Trinajstić information content (AvgIpc) is 3.18. The van der Waals surface area contributed by atoms with Gasteiger partial charge in [0.05, 0.1) is 17.8 Å². The van der Waals surface area contributed by atoms with Crippen molar-refractivity contribution in [1.82, 2.24) is 20.2 Å². The minimum absolute atomic E-state index is 0.600. The summed E-state index contributed by atoms with van der Waals surface area (Å²) in [5.74, 6) is 0.704. The van der Waals surface area contributed by atoms with Crippen LogP contribution in [0.4, 0.5) is 10.9 Å². The number of aryl methyl sites for hydroxylation is 1. The molecule has 1 aliphatic rings. The van der Waals surface area contributed by atoms with Crippen LogP contribution in [-0.2, 0) is 13.0 Å². The molecule has 4 rings (SSSR count). The Bertz CT molecular complexity index is 932. The van der Waals surface area contributed by atoms with Crippen molar-refractivity contribution in [3.63, 3.8) is 0 Å². The third kappa shape index (κ3) is 2.30. The summed E-state index contributed by atoms with van der Waals surface area (Å²) < 4.78 is 1.74. The number of thiophene rings is 1. The number of nitriles is 1. The second-order valence-corrected chi connectivity index (χ2v) is 6.89. The highest BCUT2D eigenvalue weighted by atomic mass is 32.1. The molecule has 2 aromatic heterocycles. The minimum Gasteiger partial charge on any atom is -0.389 e. The molecule has 0 atom stereocenters. The first-order valence-corrected chi connectivity index (χ1v) is 8.39. The Labute approximate surface area is 142 Å². The third-order valence-electron chi connectivity index (χ3n) is 4.21. The van der Waals surface area contributed by atoms with Gasteiger partial charge < -0.3 is 10.6 Å². The van der Waals surface area contributed by atoms with E-state index in [9.17, 15) is 5.26 Å². The fraction of sp³-hybridized carbons (Fsp3) is 0.250. The SMILES string of the molecule is Cc1ccc(-n2nnnc2N2CCc3c(sc(N)c3C#N)C2)cc1. The smallest absolute Gasteiger partial charge is 0.250 e. The summed E-state index contributed by atoms with van der Waals surface area (Å²) in [5.41, 5.74) is 9.78. The van der Waals surface area contributed by atoms with Crippen molar-refractivity contribution >= 4 is 22.3 Å². The topological polar surface area (TPSA) is 96.7 Å². The number of nitrogens with zero attached hydrogens (tertiary/aromatic N) is 6. The Morgan fingerprint density at radius 3 is 2.83 bits per heavy atom. The summed E-state index contributed by atoms with van der Waals surface area (Å²) in [6, 6.07) is 10.3. The Hall–Kier alpha value is -2.92. The maximum absolute atomic E-state index is 9.25. The van der Waals surface area contributed by atoms with Gasteiger partial charge >= 0.3 is 0 Å². The van der Waals surface area contributed by atoms with E-state index in [4.69, 9.17) is 5.73 Å². The van der Waals surface area contributed by atoms with E-state index in [0.717, 1.165) is 29.1 Å². The molecule has 0 fully saturated rings. The molecule has 1 aliphatic heterocycles. The average molecular weight is 337 g/mol. The van der Waals surface area contributed by atoms with Gasteiger partial charge in [0, 0.05) is 11.4 Å². The summed E-state index contributed by atoms with van der Waals surface area (Å²) in [7, 11) is 0. The molecule has 0 radical (unpaired) electrons. The van der Waals surface area contributed by atoms with Gasteiger partial charge in [0.15, 0.2) is 0 Å². The van der Waals surface area contributed by atoms with E-state index in [2.05, 4.69) is 26.5 Å². The molecule has 3 heterocycles. The Morgan fingerprint density at radius 2 is 2.08 bits per heavy atom. The fourth-order valence-corrected chi connectivity index (χ4v) is 4.03. The van der Waals surface area contributed by atoms with Crippen molar-refractivity contribution < 1.29 is 0 Å². The van der Waals surface area contributed by atoms with Gasteiger partial charge in [-0.25, -0.2) is 0 Å². The highest BCUT2D eigenvalue weighted by Crippen LogP contribution is 2.35. The van der Waals surface area contributed by atoms with E-state index in [-0.39, 0.29) is 0 Å². The van der Waals surface area contributed by atoms with E-state index >= 15 is 0 Å². The van der Waals surface area contributed by atoms with Crippen LogP contribution < -0.4 is 10.6 Å². The van der Waals surface area contributed by atoms with Gasteiger partial charge in [-0.2, -0.15) is 9.94 Å².